The Balaban J connectivity index is 1.39. The highest BCUT2D eigenvalue weighted by molar-refractivity contribution is 5.74. The average molecular weight is 498 g/mol. The van der Waals surface area contributed by atoms with E-state index in [-0.39, 0.29) is 18.1 Å². The second-order valence-electron chi connectivity index (χ2n) is 9.62. The lowest BCUT2D eigenvalue weighted by atomic mass is 10.0. The smallest absolute Gasteiger partial charge is 0.179 e. The number of hydrogen-bond acceptors (Lipinski definition) is 8. The van der Waals surface area contributed by atoms with Crippen LogP contribution in [0, 0.1) is 41.4 Å². The van der Waals surface area contributed by atoms with E-state index in [1.54, 1.807) is 15.5 Å². The molecule has 2 fully saturated rings. The third-order valence-electron chi connectivity index (χ3n) is 7.20. The summed E-state index contributed by atoms with van der Waals surface area (Å²) in [6, 6.07) is 7.27. The lowest BCUT2D eigenvalue weighted by Crippen LogP contribution is -2.31. The number of nitriles is 2. The summed E-state index contributed by atoms with van der Waals surface area (Å²) >= 11 is 0. The normalized spacial score (nSPS) is 16.9. The predicted octanol–water partition coefficient (Wildman–Crippen LogP) is 3.96. The third kappa shape index (κ3) is 4.23. The Morgan fingerprint density at radius 2 is 1.95 bits per heavy atom. The van der Waals surface area contributed by atoms with E-state index in [9.17, 15) is 9.65 Å². The molecule has 1 atom stereocenters. The Morgan fingerprint density at radius 1 is 1.14 bits per heavy atom. The molecule has 37 heavy (non-hydrogen) atoms. The van der Waals surface area contributed by atoms with Crippen LogP contribution < -0.4 is 4.74 Å². The van der Waals surface area contributed by atoms with Gasteiger partial charge in [0.25, 0.3) is 0 Å². The van der Waals surface area contributed by atoms with Crippen LogP contribution in [0.25, 0.3) is 16.8 Å². The number of fused-ring (bicyclic) bond motifs is 1. The van der Waals surface area contributed by atoms with Crippen molar-refractivity contribution < 1.29 is 9.13 Å². The van der Waals surface area contributed by atoms with E-state index in [1.165, 1.54) is 18.5 Å². The number of aromatic nitrogens is 6. The van der Waals surface area contributed by atoms with Crippen LogP contribution in [0.1, 0.15) is 54.8 Å². The number of rotatable bonds is 6. The molecule has 0 amide bonds. The summed E-state index contributed by atoms with van der Waals surface area (Å²) in [5.74, 6) is 0.352. The SMILES string of the molecule is Cc1c(-c2cc(OC(c3ccc(F)cn3)C3CC3)c3c(C#N)cnn3c2)nnn1C1CCN(C#N)CC1. The van der Waals surface area contributed by atoms with Crippen molar-refractivity contribution in [2.45, 2.75) is 44.8 Å². The number of nitrogens with zero attached hydrogens (tertiary/aromatic N) is 9. The van der Waals surface area contributed by atoms with Gasteiger partial charge >= 0.3 is 0 Å². The zero-order valence-corrected chi connectivity index (χ0v) is 20.2. The van der Waals surface area contributed by atoms with Crippen molar-refractivity contribution in [1.82, 2.24) is 34.5 Å². The molecule has 1 saturated carbocycles. The maximum atomic E-state index is 13.5. The maximum absolute atomic E-state index is 13.5. The number of piperidine rings is 1. The highest BCUT2D eigenvalue weighted by Crippen LogP contribution is 2.44. The summed E-state index contributed by atoms with van der Waals surface area (Å²) in [5, 5.41) is 32.2. The molecular formula is C26H24FN9O. The molecule has 6 rings (SSSR count). The van der Waals surface area contributed by atoms with E-state index in [0.717, 1.165) is 36.9 Å². The fourth-order valence-corrected chi connectivity index (χ4v) is 5.04. The summed E-state index contributed by atoms with van der Waals surface area (Å²) in [6.07, 6.45) is 10.00. The number of hydrogen-bond donors (Lipinski definition) is 0. The van der Waals surface area contributed by atoms with Crippen LogP contribution >= 0.6 is 0 Å². The van der Waals surface area contributed by atoms with Crippen molar-refractivity contribution >= 4 is 5.52 Å². The molecule has 1 aliphatic carbocycles. The Kier molecular flexibility index (Phi) is 5.68. The van der Waals surface area contributed by atoms with Crippen LogP contribution in [-0.2, 0) is 0 Å². The van der Waals surface area contributed by atoms with Crippen LogP contribution in [0.3, 0.4) is 0 Å². The zero-order valence-electron chi connectivity index (χ0n) is 20.2. The molecule has 1 aliphatic heterocycles. The van der Waals surface area contributed by atoms with Gasteiger partial charge < -0.3 is 9.64 Å². The minimum atomic E-state index is -0.401. The quantitative estimate of drug-likeness (QED) is 0.367. The summed E-state index contributed by atoms with van der Waals surface area (Å²) in [7, 11) is 0. The summed E-state index contributed by atoms with van der Waals surface area (Å²) in [4.78, 5) is 6.03. The molecule has 186 valence electrons. The Labute approximate surface area is 212 Å². The third-order valence-corrected chi connectivity index (χ3v) is 7.20. The topological polar surface area (TPSA) is 121 Å². The molecule has 5 heterocycles. The minimum Gasteiger partial charge on any atom is -0.481 e. The summed E-state index contributed by atoms with van der Waals surface area (Å²) < 4.78 is 23.6. The van der Waals surface area contributed by atoms with E-state index >= 15 is 0 Å². The van der Waals surface area contributed by atoms with Gasteiger partial charge in [0.1, 0.15) is 40.5 Å². The molecule has 1 saturated heterocycles. The van der Waals surface area contributed by atoms with Gasteiger partial charge in [0.05, 0.1) is 29.8 Å². The van der Waals surface area contributed by atoms with Gasteiger partial charge in [-0.1, -0.05) is 5.21 Å². The highest BCUT2D eigenvalue weighted by atomic mass is 19.1. The molecule has 0 spiro atoms. The summed E-state index contributed by atoms with van der Waals surface area (Å²) in [5.41, 5.74) is 3.98. The Morgan fingerprint density at radius 3 is 2.62 bits per heavy atom. The van der Waals surface area contributed by atoms with Gasteiger partial charge in [-0.15, -0.1) is 5.10 Å². The fraction of sp³-hybridized carbons (Fsp3) is 0.385. The van der Waals surface area contributed by atoms with Gasteiger partial charge in [-0.25, -0.2) is 13.6 Å². The van der Waals surface area contributed by atoms with Crippen molar-refractivity contribution in [3.63, 3.8) is 0 Å². The molecule has 0 radical (unpaired) electrons. The van der Waals surface area contributed by atoms with Gasteiger partial charge in [0, 0.05) is 30.8 Å². The molecule has 1 unspecified atom stereocenters. The van der Waals surface area contributed by atoms with Crippen molar-refractivity contribution in [3.05, 3.63) is 59.6 Å². The maximum Gasteiger partial charge on any atom is 0.179 e. The van der Waals surface area contributed by atoms with Gasteiger partial charge in [0.2, 0.25) is 0 Å². The first kappa shape index (κ1) is 22.9. The van der Waals surface area contributed by atoms with Crippen molar-refractivity contribution in [3.8, 4) is 29.3 Å². The van der Waals surface area contributed by atoms with E-state index in [4.69, 9.17) is 10.00 Å². The Bertz CT molecular complexity index is 1530. The second kappa shape index (κ2) is 9.17. The summed E-state index contributed by atoms with van der Waals surface area (Å²) in [6.45, 7) is 3.38. The largest absolute Gasteiger partial charge is 0.481 e. The molecule has 10 nitrogen and oxygen atoms in total. The molecular weight excluding hydrogens is 473 g/mol. The van der Waals surface area contributed by atoms with Crippen LogP contribution in [0.4, 0.5) is 4.39 Å². The molecule has 11 heteroatoms. The first-order valence-corrected chi connectivity index (χ1v) is 12.3. The highest BCUT2D eigenvalue weighted by Gasteiger charge is 2.36. The van der Waals surface area contributed by atoms with Crippen molar-refractivity contribution in [2.24, 2.45) is 5.92 Å². The number of ether oxygens (including phenoxy) is 1. The second-order valence-corrected chi connectivity index (χ2v) is 9.62. The predicted molar refractivity (Wildman–Crippen MR) is 129 cm³/mol. The van der Waals surface area contributed by atoms with E-state index in [0.29, 0.717) is 41.3 Å². The fourth-order valence-electron chi connectivity index (χ4n) is 5.04. The molecule has 4 aromatic heterocycles. The van der Waals surface area contributed by atoms with E-state index in [2.05, 4.69) is 32.7 Å². The lowest BCUT2D eigenvalue weighted by Gasteiger charge is -2.28. The van der Waals surface area contributed by atoms with E-state index < -0.39 is 5.82 Å². The van der Waals surface area contributed by atoms with Crippen molar-refractivity contribution in [2.75, 3.05) is 13.1 Å². The molecule has 0 N–H and O–H groups in total. The molecule has 0 bridgehead atoms. The van der Waals surface area contributed by atoms with Gasteiger partial charge in [-0.3, -0.25) is 4.98 Å². The van der Waals surface area contributed by atoms with Gasteiger partial charge in [0.15, 0.2) is 6.19 Å². The minimum absolute atomic E-state index is 0.170. The number of pyridine rings is 2. The van der Waals surface area contributed by atoms with Crippen LogP contribution in [0.2, 0.25) is 0 Å². The number of halogens is 1. The monoisotopic (exact) mass is 497 g/mol. The Hall–Kier alpha value is -4.51. The van der Waals surface area contributed by atoms with Gasteiger partial charge in [-0.05, 0) is 50.8 Å². The van der Waals surface area contributed by atoms with Crippen LogP contribution in [0.5, 0.6) is 5.75 Å². The van der Waals surface area contributed by atoms with Crippen LogP contribution in [0.15, 0.2) is 36.8 Å². The number of likely N-dealkylation sites (tertiary alicyclic amines) is 1. The molecule has 2 aliphatic rings. The van der Waals surface area contributed by atoms with E-state index in [1.807, 2.05) is 23.9 Å². The van der Waals surface area contributed by atoms with Crippen LogP contribution in [-0.4, -0.2) is 47.6 Å². The first-order chi connectivity index (χ1) is 18.1. The van der Waals surface area contributed by atoms with Crippen molar-refractivity contribution in [1.29, 1.82) is 10.5 Å². The zero-order chi connectivity index (χ0) is 25.5. The van der Waals surface area contributed by atoms with Gasteiger partial charge in [-0.2, -0.15) is 15.6 Å². The average Bonchev–Trinajstić information content (AvgIpc) is 3.57. The standard InChI is InChI=1S/C26H24FN9O/c1-16-24(32-33-36(16)21-6-8-34(15-29)9-7-21)18-10-23(25-19(11-28)12-31-35(25)14-18)37-26(17-2-3-17)22-5-4-20(27)13-30-22/h4-5,10,12-14,17,21,26H,2-3,6-9H2,1H3. The lowest BCUT2D eigenvalue weighted by molar-refractivity contribution is 0.178. The molecule has 4 aromatic rings. The first-order valence-electron chi connectivity index (χ1n) is 12.3. The molecule has 0 aromatic carbocycles.